The maximum atomic E-state index is 9.86. The zero-order valence-corrected chi connectivity index (χ0v) is 13.9. The van der Waals surface area contributed by atoms with Crippen LogP contribution in [0, 0.1) is 11.3 Å². The van der Waals surface area contributed by atoms with E-state index in [-0.39, 0.29) is 12.6 Å². The van der Waals surface area contributed by atoms with Gasteiger partial charge in [0.25, 0.3) is 0 Å². The molecule has 0 saturated heterocycles. The molecule has 0 aliphatic carbocycles. The monoisotopic (exact) mass is 322 g/mol. The van der Waals surface area contributed by atoms with Crippen LogP contribution in [0.4, 0.5) is 0 Å². The highest BCUT2D eigenvalue weighted by Gasteiger charge is 2.26. The van der Waals surface area contributed by atoms with Gasteiger partial charge in [-0.3, -0.25) is 4.90 Å². The fourth-order valence-electron chi connectivity index (χ4n) is 3.25. The van der Waals surface area contributed by atoms with E-state index >= 15 is 0 Å². The first-order valence-corrected chi connectivity index (χ1v) is 8.29. The maximum absolute atomic E-state index is 9.86. The first-order valence-electron chi connectivity index (χ1n) is 8.29. The van der Waals surface area contributed by atoms with Crippen LogP contribution in [0.2, 0.25) is 0 Å². The minimum Gasteiger partial charge on any atom is -0.476 e. The van der Waals surface area contributed by atoms with E-state index in [0.29, 0.717) is 5.75 Å². The van der Waals surface area contributed by atoms with Gasteiger partial charge in [0.2, 0.25) is 0 Å². The van der Waals surface area contributed by atoms with Crippen molar-refractivity contribution in [2.24, 2.45) is 0 Å². The average molecular weight is 322 g/mol. The Balaban J connectivity index is 1.71. The topological polar surface area (TPSA) is 56.5 Å². The van der Waals surface area contributed by atoms with Crippen LogP contribution in [0.3, 0.4) is 0 Å². The molecule has 0 aromatic heterocycles. The number of benzene rings is 2. The molecule has 0 bridgehead atoms. The minimum absolute atomic E-state index is 0.0458. The SMILES string of the molecule is CC(C#N)Oc1ccc(CN2CCc3ccccc3C2CO)cc1. The molecule has 2 atom stereocenters. The summed E-state index contributed by atoms with van der Waals surface area (Å²) in [6.07, 6.45) is 0.557. The van der Waals surface area contributed by atoms with Gasteiger partial charge in [-0.15, -0.1) is 0 Å². The van der Waals surface area contributed by atoms with Gasteiger partial charge in [0.1, 0.15) is 11.8 Å². The smallest absolute Gasteiger partial charge is 0.181 e. The fourth-order valence-corrected chi connectivity index (χ4v) is 3.25. The van der Waals surface area contributed by atoms with Gasteiger partial charge in [0, 0.05) is 13.1 Å². The van der Waals surface area contributed by atoms with Crippen LogP contribution in [-0.4, -0.2) is 29.3 Å². The highest BCUT2D eigenvalue weighted by molar-refractivity contribution is 5.33. The van der Waals surface area contributed by atoms with E-state index in [1.807, 2.05) is 30.3 Å². The van der Waals surface area contributed by atoms with Crippen LogP contribution in [-0.2, 0) is 13.0 Å². The molecule has 0 spiro atoms. The lowest BCUT2D eigenvalue weighted by atomic mass is 9.92. The molecular weight excluding hydrogens is 300 g/mol. The van der Waals surface area contributed by atoms with Crippen molar-refractivity contribution in [1.29, 1.82) is 5.26 Å². The van der Waals surface area contributed by atoms with Crippen molar-refractivity contribution in [2.75, 3.05) is 13.2 Å². The molecule has 4 heteroatoms. The summed E-state index contributed by atoms with van der Waals surface area (Å²) in [6, 6.07) is 18.3. The summed E-state index contributed by atoms with van der Waals surface area (Å²) >= 11 is 0. The van der Waals surface area contributed by atoms with Crippen molar-refractivity contribution < 1.29 is 9.84 Å². The predicted molar refractivity (Wildman–Crippen MR) is 92.5 cm³/mol. The van der Waals surface area contributed by atoms with Gasteiger partial charge in [-0.25, -0.2) is 0 Å². The van der Waals surface area contributed by atoms with Gasteiger partial charge < -0.3 is 9.84 Å². The van der Waals surface area contributed by atoms with E-state index < -0.39 is 6.10 Å². The van der Waals surface area contributed by atoms with Gasteiger partial charge in [0.15, 0.2) is 6.10 Å². The third-order valence-electron chi connectivity index (χ3n) is 4.50. The number of nitrogens with zero attached hydrogens (tertiary/aromatic N) is 2. The second-order valence-electron chi connectivity index (χ2n) is 6.15. The summed E-state index contributed by atoms with van der Waals surface area (Å²) in [5, 5.41) is 18.7. The number of hydrogen-bond donors (Lipinski definition) is 1. The van der Waals surface area contributed by atoms with E-state index in [1.165, 1.54) is 16.7 Å². The predicted octanol–water partition coefficient (Wildman–Crippen LogP) is 3.07. The largest absolute Gasteiger partial charge is 0.476 e. The molecule has 0 radical (unpaired) electrons. The van der Waals surface area contributed by atoms with Crippen LogP contribution in [0.5, 0.6) is 5.75 Å². The number of aliphatic hydroxyl groups is 1. The molecule has 0 amide bonds. The Kier molecular flexibility index (Phi) is 5.14. The normalized spacial score (nSPS) is 18.5. The lowest BCUT2D eigenvalue weighted by Crippen LogP contribution is -2.36. The van der Waals surface area contributed by atoms with Gasteiger partial charge in [0.05, 0.1) is 12.6 Å². The molecule has 4 nitrogen and oxygen atoms in total. The maximum Gasteiger partial charge on any atom is 0.181 e. The molecule has 24 heavy (non-hydrogen) atoms. The van der Waals surface area contributed by atoms with Crippen LogP contribution in [0.15, 0.2) is 48.5 Å². The van der Waals surface area contributed by atoms with Gasteiger partial charge >= 0.3 is 0 Å². The molecule has 3 rings (SSSR count). The molecule has 1 aliphatic rings. The molecular formula is C20H22N2O2. The molecule has 0 saturated carbocycles. The Hall–Kier alpha value is -2.35. The summed E-state index contributed by atoms with van der Waals surface area (Å²) in [5.41, 5.74) is 3.74. The quantitative estimate of drug-likeness (QED) is 0.919. The van der Waals surface area contributed by atoms with E-state index in [0.717, 1.165) is 19.5 Å². The van der Waals surface area contributed by atoms with Crippen molar-refractivity contribution >= 4 is 0 Å². The van der Waals surface area contributed by atoms with E-state index in [2.05, 4.69) is 29.2 Å². The number of fused-ring (bicyclic) bond motifs is 1. The first kappa shape index (κ1) is 16.5. The molecule has 2 aromatic rings. The number of rotatable bonds is 5. The number of hydrogen-bond acceptors (Lipinski definition) is 4. The second kappa shape index (κ2) is 7.48. The summed E-state index contributed by atoms with van der Waals surface area (Å²) in [4.78, 5) is 2.32. The molecule has 1 aliphatic heterocycles. The Bertz CT molecular complexity index is 721. The Morgan fingerprint density at radius 1 is 1.25 bits per heavy atom. The van der Waals surface area contributed by atoms with Crippen LogP contribution < -0.4 is 4.74 Å². The summed E-state index contributed by atoms with van der Waals surface area (Å²) in [5.74, 6) is 0.704. The zero-order chi connectivity index (χ0) is 16.9. The molecule has 1 heterocycles. The van der Waals surface area contributed by atoms with Gasteiger partial charge in [-0.2, -0.15) is 5.26 Å². The van der Waals surface area contributed by atoms with Crippen LogP contribution in [0.25, 0.3) is 0 Å². The molecule has 124 valence electrons. The number of aliphatic hydroxyl groups excluding tert-OH is 1. The average Bonchev–Trinajstić information content (AvgIpc) is 2.63. The lowest BCUT2D eigenvalue weighted by Gasteiger charge is -2.36. The van der Waals surface area contributed by atoms with Crippen molar-refractivity contribution in [3.63, 3.8) is 0 Å². The second-order valence-corrected chi connectivity index (χ2v) is 6.15. The van der Waals surface area contributed by atoms with Crippen molar-refractivity contribution in [1.82, 2.24) is 4.90 Å². The third-order valence-corrected chi connectivity index (χ3v) is 4.50. The Morgan fingerprint density at radius 2 is 2.00 bits per heavy atom. The fraction of sp³-hybridized carbons (Fsp3) is 0.350. The zero-order valence-electron chi connectivity index (χ0n) is 13.9. The first-order chi connectivity index (χ1) is 11.7. The Labute approximate surface area is 142 Å². The van der Waals surface area contributed by atoms with Crippen LogP contribution in [0.1, 0.15) is 29.7 Å². The van der Waals surface area contributed by atoms with Crippen molar-refractivity contribution in [2.45, 2.75) is 32.0 Å². The molecule has 2 aromatic carbocycles. The summed E-state index contributed by atoms with van der Waals surface area (Å²) < 4.78 is 5.48. The van der Waals surface area contributed by atoms with Crippen molar-refractivity contribution in [3.05, 3.63) is 65.2 Å². The van der Waals surface area contributed by atoms with Gasteiger partial charge in [-0.1, -0.05) is 36.4 Å². The molecule has 0 fully saturated rings. The summed E-state index contributed by atoms with van der Waals surface area (Å²) in [7, 11) is 0. The Morgan fingerprint density at radius 3 is 2.71 bits per heavy atom. The third kappa shape index (κ3) is 3.59. The standard InChI is InChI=1S/C20H22N2O2/c1-15(12-21)24-18-8-6-16(7-9-18)13-22-11-10-17-4-2-3-5-19(17)20(22)14-23/h2-9,15,20,23H,10-11,13-14H2,1H3. The lowest BCUT2D eigenvalue weighted by molar-refractivity contribution is 0.108. The highest BCUT2D eigenvalue weighted by atomic mass is 16.5. The highest BCUT2D eigenvalue weighted by Crippen LogP contribution is 2.30. The van der Waals surface area contributed by atoms with Gasteiger partial charge in [-0.05, 0) is 42.2 Å². The molecule has 1 N–H and O–H groups in total. The number of ether oxygens (including phenoxy) is 1. The molecule has 2 unspecified atom stereocenters. The van der Waals surface area contributed by atoms with E-state index in [4.69, 9.17) is 10.00 Å². The summed E-state index contributed by atoms with van der Waals surface area (Å²) in [6.45, 7) is 3.57. The van der Waals surface area contributed by atoms with Crippen LogP contribution >= 0.6 is 0 Å². The van der Waals surface area contributed by atoms with E-state index in [1.54, 1.807) is 6.92 Å². The van der Waals surface area contributed by atoms with E-state index in [9.17, 15) is 5.11 Å². The number of nitriles is 1. The van der Waals surface area contributed by atoms with Crippen molar-refractivity contribution in [3.8, 4) is 11.8 Å². The minimum atomic E-state index is -0.451.